The molecular formula is C17H24ClN3O3. The number of rotatable bonds is 7. The van der Waals surface area contributed by atoms with E-state index in [9.17, 15) is 9.59 Å². The van der Waals surface area contributed by atoms with Gasteiger partial charge in [0.05, 0.1) is 12.5 Å². The largest absolute Gasteiger partial charge is 0.492 e. The Kier molecular flexibility index (Phi) is 6.87. The number of ether oxygens (including phenoxy) is 1. The molecule has 1 fully saturated rings. The van der Waals surface area contributed by atoms with E-state index in [0.717, 1.165) is 12.8 Å². The lowest BCUT2D eigenvalue weighted by molar-refractivity contribution is -0.135. The molecule has 0 aliphatic carbocycles. The van der Waals surface area contributed by atoms with Gasteiger partial charge in [-0.25, -0.2) is 0 Å². The Bertz CT molecular complexity index is 582. The van der Waals surface area contributed by atoms with Crippen molar-refractivity contribution in [2.75, 3.05) is 39.8 Å². The van der Waals surface area contributed by atoms with Crippen molar-refractivity contribution >= 4 is 23.4 Å². The molecule has 1 heterocycles. The topological polar surface area (TPSA) is 75.9 Å². The van der Waals surface area contributed by atoms with Gasteiger partial charge in [-0.15, -0.1) is 0 Å². The van der Waals surface area contributed by atoms with E-state index in [2.05, 4.69) is 0 Å². The van der Waals surface area contributed by atoms with E-state index in [4.69, 9.17) is 22.1 Å². The highest BCUT2D eigenvalue weighted by Gasteiger charge is 2.27. The summed E-state index contributed by atoms with van der Waals surface area (Å²) < 4.78 is 5.62. The minimum absolute atomic E-state index is 0.0196. The van der Waals surface area contributed by atoms with Gasteiger partial charge in [-0.2, -0.15) is 0 Å². The molecule has 1 aromatic rings. The third-order valence-corrected chi connectivity index (χ3v) is 4.35. The first-order valence-electron chi connectivity index (χ1n) is 8.09. The molecule has 0 spiro atoms. The Morgan fingerprint density at radius 1 is 1.46 bits per heavy atom. The molecule has 0 aromatic heterocycles. The second kappa shape index (κ2) is 8.89. The monoisotopic (exact) mass is 353 g/mol. The van der Waals surface area contributed by atoms with E-state index in [0.29, 0.717) is 43.6 Å². The van der Waals surface area contributed by atoms with Crippen LogP contribution in [0.1, 0.15) is 12.8 Å². The van der Waals surface area contributed by atoms with Gasteiger partial charge in [-0.05, 0) is 38.1 Å². The molecule has 6 nitrogen and oxygen atoms in total. The average Bonchev–Trinajstić information content (AvgIpc) is 2.55. The lowest BCUT2D eigenvalue weighted by Crippen LogP contribution is -2.47. The molecular weight excluding hydrogens is 330 g/mol. The van der Waals surface area contributed by atoms with Crippen LogP contribution in [0.3, 0.4) is 0 Å². The summed E-state index contributed by atoms with van der Waals surface area (Å²) in [4.78, 5) is 27.3. The molecule has 2 amide bonds. The SMILES string of the molecule is CN(CCOc1cccc(Cl)c1)CC(=O)N1CCCC(C(N)=O)C1. The van der Waals surface area contributed by atoms with Gasteiger partial charge in [0.25, 0.3) is 0 Å². The highest BCUT2D eigenvalue weighted by molar-refractivity contribution is 6.30. The number of halogens is 1. The van der Waals surface area contributed by atoms with Crippen molar-refractivity contribution in [3.63, 3.8) is 0 Å². The maximum atomic E-state index is 12.3. The van der Waals surface area contributed by atoms with Crippen LogP contribution in [0.4, 0.5) is 0 Å². The van der Waals surface area contributed by atoms with Crippen LogP contribution in [-0.2, 0) is 9.59 Å². The van der Waals surface area contributed by atoms with Crippen LogP contribution in [-0.4, -0.2) is 61.4 Å². The summed E-state index contributed by atoms with van der Waals surface area (Å²) in [5, 5.41) is 0.630. The number of hydrogen-bond acceptors (Lipinski definition) is 4. The maximum Gasteiger partial charge on any atom is 0.236 e. The zero-order valence-corrected chi connectivity index (χ0v) is 14.7. The first kappa shape index (κ1) is 18.5. The average molecular weight is 354 g/mol. The Balaban J connectivity index is 1.72. The minimum Gasteiger partial charge on any atom is -0.492 e. The summed E-state index contributed by atoms with van der Waals surface area (Å²) >= 11 is 5.90. The van der Waals surface area contributed by atoms with Crippen molar-refractivity contribution in [2.45, 2.75) is 12.8 Å². The quantitative estimate of drug-likeness (QED) is 0.803. The molecule has 7 heteroatoms. The Morgan fingerprint density at radius 3 is 2.96 bits per heavy atom. The molecule has 0 saturated carbocycles. The fraction of sp³-hybridized carbons (Fsp3) is 0.529. The highest BCUT2D eigenvalue weighted by atomic mass is 35.5. The maximum absolute atomic E-state index is 12.3. The van der Waals surface area contributed by atoms with Crippen LogP contribution in [0.25, 0.3) is 0 Å². The van der Waals surface area contributed by atoms with Crippen LogP contribution in [0.5, 0.6) is 5.75 Å². The van der Waals surface area contributed by atoms with Crippen molar-refractivity contribution in [1.82, 2.24) is 9.80 Å². The zero-order valence-electron chi connectivity index (χ0n) is 13.9. The summed E-state index contributed by atoms with van der Waals surface area (Å²) in [5.41, 5.74) is 5.35. The van der Waals surface area contributed by atoms with Gasteiger partial charge in [0.15, 0.2) is 0 Å². The third-order valence-electron chi connectivity index (χ3n) is 4.12. The van der Waals surface area contributed by atoms with E-state index in [-0.39, 0.29) is 17.7 Å². The molecule has 0 bridgehead atoms. The first-order chi connectivity index (χ1) is 11.5. The van der Waals surface area contributed by atoms with Crippen LogP contribution in [0, 0.1) is 5.92 Å². The van der Waals surface area contributed by atoms with Crippen molar-refractivity contribution in [2.24, 2.45) is 11.7 Å². The van der Waals surface area contributed by atoms with E-state index < -0.39 is 0 Å². The third kappa shape index (κ3) is 5.69. The summed E-state index contributed by atoms with van der Waals surface area (Å²) in [5.74, 6) is 0.184. The predicted octanol–water partition coefficient (Wildman–Crippen LogP) is 1.37. The van der Waals surface area contributed by atoms with Crippen molar-refractivity contribution in [3.05, 3.63) is 29.3 Å². The molecule has 24 heavy (non-hydrogen) atoms. The molecule has 1 saturated heterocycles. The van der Waals surface area contributed by atoms with Crippen molar-refractivity contribution in [1.29, 1.82) is 0 Å². The van der Waals surface area contributed by atoms with Crippen LogP contribution < -0.4 is 10.5 Å². The smallest absolute Gasteiger partial charge is 0.236 e. The fourth-order valence-electron chi connectivity index (χ4n) is 2.72. The number of likely N-dealkylation sites (N-methyl/N-ethyl adjacent to an activating group) is 1. The first-order valence-corrected chi connectivity index (χ1v) is 8.47. The van der Waals surface area contributed by atoms with Gasteiger partial charge in [-0.1, -0.05) is 17.7 Å². The normalized spacial score (nSPS) is 17.8. The number of benzene rings is 1. The predicted molar refractivity (Wildman–Crippen MR) is 92.9 cm³/mol. The molecule has 2 N–H and O–H groups in total. The van der Waals surface area contributed by atoms with E-state index >= 15 is 0 Å². The fourth-order valence-corrected chi connectivity index (χ4v) is 2.90. The van der Waals surface area contributed by atoms with E-state index in [1.807, 2.05) is 24.1 Å². The summed E-state index contributed by atoms with van der Waals surface area (Å²) in [6.07, 6.45) is 1.59. The van der Waals surface area contributed by atoms with Gasteiger partial charge in [0.1, 0.15) is 12.4 Å². The molecule has 132 valence electrons. The second-order valence-electron chi connectivity index (χ2n) is 6.12. The molecule has 1 aliphatic heterocycles. The Morgan fingerprint density at radius 2 is 2.25 bits per heavy atom. The van der Waals surface area contributed by atoms with Crippen LogP contribution >= 0.6 is 11.6 Å². The van der Waals surface area contributed by atoms with Gasteiger partial charge in [0, 0.05) is 24.7 Å². The number of carbonyl (C=O) groups is 2. The van der Waals surface area contributed by atoms with Gasteiger partial charge in [0.2, 0.25) is 11.8 Å². The number of nitrogens with two attached hydrogens (primary N) is 1. The molecule has 1 unspecified atom stereocenters. The molecule has 0 radical (unpaired) electrons. The van der Waals surface area contributed by atoms with Gasteiger partial charge >= 0.3 is 0 Å². The van der Waals surface area contributed by atoms with Crippen molar-refractivity contribution in [3.8, 4) is 5.75 Å². The number of likely N-dealkylation sites (tertiary alicyclic amines) is 1. The van der Waals surface area contributed by atoms with Crippen molar-refractivity contribution < 1.29 is 14.3 Å². The highest BCUT2D eigenvalue weighted by Crippen LogP contribution is 2.17. The number of nitrogens with zero attached hydrogens (tertiary/aromatic N) is 2. The second-order valence-corrected chi connectivity index (χ2v) is 6.56. The van der Waals surface area contributed by atoms with Crippen LogP contribution in [0.15, 0.2) is 24.3 Å². The summed E-state index contributed by atoms with van der Waals surface area (Å²) in [6.45, 7) is 2.50. The minimum atomic E-state index is -0.323. The number of carbonyl (C=O) groups excluding carboxylic acids is 2. The Hall–Kier alpha value is -1.79. The lowest BCUT2D eigenvalue weighted by atomic mass is 9.97. The zero-order chi connectivity index (χ0) is 17.5. The lowest BCUT2D eigenvalue weighted by Gasteiger charge is -2.32. The standard InChI is InChI=1S/C17H24ClN3O3/c1-20(8-9-24-15-6-2-5-14(18)10-15)12-16(22)21-7-3-4-13(11-21)17(19)23/h2,5-6,10,13H,3-4,7-9,11-12H2,1H3,(H2,19,23). The number of piperidine rings is 1. The van der Waals surface area contributed by atoms with Gasteiger partial charge in [-0.3, -0.25) is 14.5 Å². The molecule has 1 aliphatic rings. The molecule has 2 rings (SSSR count). The van der Waals surface area contributed by atoms with Crippen LogP contribution in [0.2, 0.25) is 5.02 Å². The molecule has 1 atom stereocenters. The summed E-state index contributed by atoms with van der Waals surface area (Å²) in [7, 11) is 1.87. The number of primary amides is 1. The van der Waals surface area contributed by atoms with Gasteiger partial charge < -0.3 is 15.4 Å². The number of hydrogen-bond donors (Lipinski definition) is 1. The van der Waals surface area contributed by atoms with E-state index in [1.54, 1.807) is 17.0 Å². The van der Waals surface area contributed by atoms with E-state index in [1.165, 1.54) is 0 Å². The number of amides is 2. The summed E-state index contributed by atoms with van der Waals surface area (Å²) in [6, 6.07) is 7.22. The molecule has 1 aromatic carbocycles. The Labute approximate surface area is 147 Å².